The van der Waals surface area contributed by atoms with Crippen LogP contribution in [0.25, 0.3) is 111 Å². The van der Waals surface area contributed by atoms with Crippen LogP contribution in [0.15, 0.2) is 223 Å². The summed E-state index contributed by atoms with van der Waals surface area (Å²) >= 11 is 0. The number of nitrogens with zero attached hydrogens (tertiary/aromatic N) is 2. The molecule has 0 saturated carbocycles. The number of rotatable bonds is 8. The van der Waals surface area contributed by atoms with Crippen molar-refractivity contribution < 1.29 is 0 Å². The Balaban J connectivity index is 0.878. The maximum absolute atomic E-state index is 2.49. The van der Waals surface area contributed by atoms with Crippen molar-refractivity contribution in [3.05, 3.63) is 229 Å². The van der Waals surface area contributed by atoms with Gasteiger partial charge in [0.2, 0.25) is 0 Å². The van der Waals surface area contributed by atoms with Gasteiger partial charge < -0.3 is 9.13 Å². The molecule has 0 fully saturated rings. The van der Waals surface area contributed by atoms with Gasteiger partial charge in [-0.3, -0.25) is 0 Å². The molecule has 66 heavy (non-hydrogen) atoms. The minimum Gasteiger partial charge on any atom is -0.309 e. The second-order valence-corrected chi connectivity index (χ2v) is 18.2. The molecule has 0 amide bonds. The second kappa shape index (κ2) is 15.6. The van der Waals surface area contributed by atoms with Crippen molar-refractivity contribution in [2.24, 2.45) is 0 Å². The fourth-order valence-electron chi connectivity index (χ4n) is 11.3. The molecule has 9 aromatic carbocycles. The van der Waals surface area contributed by atoms with E-state index in [2.05, 4.69) is 228 Å². The molecule has 0 bridgehead atoms. The molecular formula is C64H48N2. The van der Waals surface area contributed by atoms with Gasteiger partial charge in [-0.25, -0.2) is 0 Å². The van der Waals surface area contributed by atoms with Crippen LogP contribution < -0.4 is 0 Å². The number of para-hydroxylation sites is 3. The van der Waals surface area contributed by atoms with E-state index in [1.54, 1.807) is 5.57 Å². The van der Waals surface area contributed by atoms with Gasteiger partial charge >= 0.3 is 0 Å². The summed E-state index contributed by atoms with van der Waals surface area (Å²) in [4.78, 5) is 0. The van der Waals surface area contributed by atoms with E-state index < -0.39 is 0 Å². The van der Waals surface area contributed by atoms with Crippen LogP contribution in [0.4, 0.5) is 0 Å². The van der Waals surface area contributed by atoms with E-state index in [0.29, 0.717) is 0 Å². The Morgan fingerprint density at radius 3 is 1.77 bits per heavy atom. The predicted molar refractivity (Wildman–Crippen MR) is 280 cm³/mol. The normalized spacial score (nSPS) is 13.2. The lowest BCUT2D eigenvalue weighted by Gasteiger charge is -2.17. The molecule has 1 aliphatic carbocycles. The van der Waals surface area contributed by atoms with Crippen molar-refractivity contribution in [1.82, 2.24) is 9.13 Å². The summed E-state index contributed by atoms with van der Waals surface area (Å²) in [5, 5.41) is 5.09. The minimum absolute atomic E-state index is 1.03. The smallest absolute Gasteiger partial charge is 0.0619 e. The largest absolute Gasteiger partial charge is 0.309 e. The fraction of sp³-hybridized carbons (Fsp3) is 0.0938. The van der Waals surface area contributed by atoms with Gasteiger partial charge in [-0.1, -0.05) is 176 Å². The lowest BCUT2D eigenvalue weighted by Crippen LogP contribution is -2.00. The number of aromatic nitrogens is 2. The lowest BCUT2D eigenvalue weighted by molar-refractivity contribution is 0.811. The first-order chi connectivity index (χ1) is 32.7. The molecular weight excluding hydrogens is 797 g/mol. The molecule has 3 heterocycles. The molecule has 1 aliphatic heterocycles. The van der Waals surface area contributed by atoms with Gasteiger partial charge in [0.25, 0.3) is 0 Å². The SMILES string of the molecule is CCC1=C(CCc2cc(-c3ccccc3)cc(-n3c4ccccc4c4cc(-c5ccc(-c6ccc7c(c6)c6cccc8c6n7-c6ccccc6-c6ccccc6-8)cc5)ccc43)c2)CCC=C1. The molecule has 0 unspecified atom stereocenters. The number of benzene rings is 9. The molecule has 2 aromatic heterocycles. The Bertz CT molecular complexity index is 3780. The minimum atomic E-state index is 1.03. The Hall–Kier alpha value is -7.94. The zero-order valence-electron chi connectivity index (χ0n) is 37.1. The molecule has 2 heteroatoms. The Morgan fingerprint density at radius 1 is 0.409 bits per heavy atom. The zero-order chi connectivity index (χ0) is 43.7. The van der Waals surface area contributed by atoms with Crippen molar-refractivity contribution in [2.75, 3.05) is 0 Å². The van der Waals surface area contributed by atoms with Crippen LogP contribution in [-0.4, -0.2) is 9.13 Å². The predicted octanol–water partition coefficient (Wildman–Crippen LogP) is 17.5. The van der Waals surface area contributed by atoms with Crippen molar-refractivity contribution in [3.8, 4) is 67.0 Å². The summed E-state index contributed by atoms with van der Waals surface area (Å²) in [6, 6.07) is 74.8. The Morgan fingerprint density at radius 2 is 1.00 bits per heavy atom. The monoisotopic (exact) mass is 844 g/mol. The highest BCUT2D eigenvalue weighted by Gasteiger charge is 2.24. The first kappa shape index (κ1) is 38.5. The number of hydrogen-bond donors (Lipinski definition) is 0. The molecule has 0 N–H and O–H groups in total. The molecule has 0 spiro atoms. The molecule has 0 radical (unpaired) electrons. The molecule has 2 nitrogen and oxygen atoms in total. The number of fused-ring (bicyclic) bond motifs is 11. The highest BCUT2D eigenvalue weighted by molar-refractivity contribution is 6.17. The van der Waals surface area contributed by atoms with E-state index in [1.807, 2.05) is 0 Å². The van der Waals surface area contributed by atoms with Crippen LogP contribution in [0.2, 0.25) is 0 Å². The standard InChI is InChI=1S/C64H48N2/c1-2-43-15-6-7-18-45(43)28-27-42-37-50(44-16-4-3-5-17-44)39-51(38-42)65-60-25-12-11-22-55(60)58-40-48(33-35-62(58)65)46-29-31-47(32-30-46)49-34-36-63-59(41-49)57-24-14-23-56-53-20-9-8-19-52(53)54-21-10-13-26-61(54)66(63)64(56)57/h3-6,8-17,19-26,29-41H,2,7,18,27-28H2,1H3. The van der Waals surface area contributed by atoms with Gasteiger partial charge in [0.15, 0.2) is 0 Å². The van der Waals surface area contributed by atoms with Crippen LogP contribution >= 0.6 is 0 Å². The summed E-state index contributed by atoms with van der Waals surface area (Å²) in [7, 11) is 0. The second-order valence-electron chi connectivity index (χ2n) is 18.2. The molecule has 2 aliphatic rings. The van der Waals surface area contributed by atoms with Crippen molar-refractivity contribution >= 4 is 43.6 Å². The quantitative estimate of drug-likeness (QED) is 0.144. The van der Waals surface area contributed by atoms with Gasteiger partial charge in [-0.05, 0) is 136 Å². The average Bonchev–Trinajstić information content (AvgIpc) is 3.86. The van der Waals surface area contributed by atoms with Gasteiger partial charge in [-0.2, -0.15) is 0 Å². The first-order valence-corrected chi connectivity index (χ1v) is 23.7. The van der Waals surface area contributed by atoms with Crippen molar-refractivity contribution in [2.45, 2.75) is 39.0 Å². The zero-order valence-corrected chi connectivity index (χ0v) is 37.1. The van der Waals surface area contributed by atoms with Gasteiger partial charge in [0, 0.05) is 38.4 Å². The van der Waals surface area contributed by atoms with E-state index in [4.69, 9.17) is 0 Å². The highest BCUT2D eigenvalue weighted by Crippen LogP contribution is 2.47. The maximum Gasteiger partial charge on any atom is 0.0619 e. The third kappa shape index (κ3) is 6.24. The van der Waals surface area contributed by atoms with Crippen molar-refractivity contribution in [3.63, 3.8) is 0 Å². The first-order valence-electron chi connectivity index (χ1n) is 23.7. The maximum atomic E-state index is 2.49. The number of allylic oxidation sites excluding steroid dienone is 4. The van der Waals surface area contributed by atoms with E-state index >= 15 is 0 Å². The third-order valence-electron chi connectivity index (χ3n) is 14.5. The lowest BCUT2D eigenvalue weighted by atomic mass is 9.90. The summed E-state index contributed by atoms with van der Waals surface area (Å²) in [6.45, 7) is 2.29. The summed E-state index contributed by atoms with van der Waals surface area (Å²) in [6.07, 6.45) is 10.3. The number of hydrogen-bond acceptors (Lipinski definition) is 0. The summed E-state index contributed by atoms with van der Waals surface area (Å²) < 4.78 is 4.98. The van der Waals surface area contributed by atoms with E-state index in [1.165, 1.54) is 128 Å². The summed E-state index contributed by atoms with van der Waals surface area (Å²) in [5.74, 6) is 0. The van der Waals surface area contributed by atoms with Gasteiger partial charge in [-0.15, -0.1) is 0 Å². The van der Waals surface area contributed by atoms with E-state index in [9.17, 15) is 0 Å². The van der Waals surface area contributed by atoms with Crippen molar-refractivity contribution in [1.29, 1.82) is 0 Å². The van der Waals surface area contributed by atoms with Crippen LogP contribution in [0.1, 0.15) is 38.2 Å². The molecule has 11 aromatic rings. The Labute approximate surface area is 386 Å². The topological polar surface area (TPSA) is 9.86 Å². The summed E-state index contributed by atoms with van der Waals surface area (Å²) in [5.41, 5.74) is 24.4. The van der Waals surface area contributed by atoms with Crippen LogP contribution in [0.3, 0.4) is 0 Å². The molecule has 314 valence electrons. The van der Waals surface area contributed by atoms with Crippen LogP contribution in [-0.2, 0) is 6.42 Å². The van der Waals surface area contributed by atoms with Crippen LogP contribution in [0, 0.1) is 0 Å². The Kier molecular flexibility index (Phi) is 9.13. The van der Waals surface area contributed by atoms with Gasteiger partial charge in [0.1, 0.15) is 0 Å². The third-order valence-corrected chi connectivity index (χ3v) is 14.5. The van der Waals surface area contributed by atoms with Gasteiger partial charge in [0.05, 0.1) is 27.8 Å². The highest BCUT2D eigenvalue weighted by atomic mass is 15.0. The van der Waals surface area contributed by atoms with E-state index in [-0.39, 0.29) is 0 Å². The molecule has 0 atom stereocenters. The van der Waals surface area contributed by atoms with E-state index in [0.717, 1.165) is 25.7 Å². The molecule has 13 rings (SSSR count). The van der Waals surface area contributed by atoms with Crippen LogP contribution in [0.5, 0.6) is 0 Å². The molecule has 0 saturated heterocycles. The number of aryl methyl sites for hydroxylation is 1. The fourth-order valence-corrected chi connectivity index (χ4v) is 11.3. The average molecular weight is 845 g/mol.